The molecule has 0 saturated carbocycles. The van der Waals surface area contributed by atoms with Crippen LogP contribution in [0.3, 0.4) is 0 Å². The first-order valence-corrected chi connectivity index (χ1v) is 9.25. The number of rotatable bonds is 6. The summed E-state index contributed by atoms with van der Waals surface area (Å²) in [5.41, 5.74) is 4.64. The molecule has 0 aliphatic carbocycles. The molecule has 0 fully saturated rings. The summed E-state index contributed by atoms with van der Waals surface area (Å²) in [6.45, 7) is 3.91. The highest BCUT2D eigenvalue weighted by Crippen LogP contribution is 2.23. The Balaban J connectivity index is 1.76. The molecule has 2 atom stereocenters. The number of carbonyl (C=O) groups excluding carboxylic acids is 1. The molecule has 3 aromatic rings. The van der Waals surface area contributed by atoms with Crippen molar-refractivity contribution in [1.82, 2.24) is 5.32 Å². The summed E-state index contributed by atoms with van der Waals surface area (Å²) < 4.78 is 0. The summed E-state index contributed by atoms with van der Waals surface area (Å²) in [7, 11) is 0. The number of nitrogens with zero attached hydrogens (tertiary/aromatic N) is 1. The number of nitrogens with one attached hydrogen (secondary N) is 2. The number of hydrogen-bond donors (Lipinski definition) is 2. The van der Waals surface area contributed by atoms with Crippen LogP contribution in [-0.2, 0) is 4.79 Å². The van der Waals surface area contributed by atoms with E-state index in [0.717, 1.165) is 11.1 Å². The molecule has 0 aliphatic heterocycles. The van der Waals surface area contributed by atoms with Gasteiger partial charge < -0.3 is 5.32 Å². The maximum absolute atomic E-state index is 12.7. The fourth-order valence-corrected chi connectivity index (χ4v) is 2.99. The number of hydrogen-bond acceptors (Lipinski definition) is 3. The number of benzene rings is 3. The monoisotopic (exact) mass is 369 g/mol. The zero-order valence-electron chi connectivity index (χ0n) is 16.0. The van der Waals surface area contributed by atoms with Crippen molar-refractivity contribution in [2.45, 2.75) is 25.9 Å². The van der Waals surface area contributed by atoms with E-state index in [1.165, 1.54) is 5.56 Å². The van der Waals surface area contributed by atoms with Gasteiger partial charge in [0.2, 0.25) is 5.91 Å². The molecule has 0 radical (unpaired) electrons. The third-order valence-corrected chi connectivity index (χ3v) is 4.64. The molecule has 0 heterocycles. The molecule has 2 N–H and O–H groups in total. The summed E-state index contributed by atoms with van der Waals surface area (Å²) in [6, 6.07) is 26.8. The van der Waals surface area contributed by atoms with Crippen LogP contribution in [0.15, 0.2) is 78.9 Å². The van der Waals surface area contributed by atoms with E-state index in [9.17, 15) is 4.79 Å². The van der Waals surface area contributed by atoms with E-state index in [2.05, 4.69) is 60.0 Å². The van der Waals surface area contributed by atoms with E-state index in [4.69, 9.17) is 5.26 Å². The molecule has 4 nitrogen and oxygen atoms in total. The van der Waals surface area contributed by atoms with Crippen LogP contribution in [0.25, 0.3) is 0 Å². The highest BCUT2D eigenvalue weighted by molar-refractivity contribution is 5.94. The minimum atomic E-state index is -0.415. The van der Waals surface area contributed by atoms with Gasteiger partial charge in [0, 0.05) is 5.69 Å². The molecular weight excluding hydrogens is 346 g/mol. The molecule has 0 saturated heterocycles. The molecule has 3 rings (SSSR count). The molecule has 0 unspecified atom stereocenters. The SMILES string of the molecule is Cc1ccc([C@H](N[C@H](C)C(=O)Nc2ccc(C#N)cc2)c2ccccc2)cc1. The standard InChI is InChI=1S/C24H23N3O/c1-17-8-12-21(13-9-17)23(20-6-4-3-5-7-20)26-18(2)24(28)27-22-14-10-19(16-25)11-15-22/h3-15,18,23,26H,1-2H3,(H,27,28)/t18-,23-/m1/s1. The number of nitriles is 1. The van der Waals surface area contributed by atoms with Crippen LogP contribution >= 0.6 is 0 Å². The predicted molar refractivity (Wildman–Crippen MR) is 112 cm³/mol. The van der Waals surface area contributed by atoms with Gasteiger partial charge in [-0.1, -0.05) is 60.2 Å². The molecule has 0 aliphatic rings. The third-order valence-electron chi connectivity index (χ3n) is 4.64. The first-order chi connectivity index (χ1) is 13.6. The molecule has 28 heavy (non-hydrogen) atoms. The summed E-state index contributed by atoms with van der Waals surface area (Å²) in [6.07, 6.45) is 0. The van der Waals surface area contributed by atoms with Gasteiger partial charge in [-0.05, 0) is 49.2 Å². The van der Waals surface area contributed by atoms with Crippen LogP contribution in [0.2, 0.25) is 0 Å². The lowest BCUT2D eigenvalue weighted by Gasteiger charge is -2.24. The van der Waals surface area contributed by atoms with Crippen molar-refractivity contribution in [3.05, 3.63) is 101 Å². The maximum atomic E-state index is 12.7. The molecule has 0 aromatic heterocycles. The Labute approximate surface area is 165 Å². The van der Waals surface area contributed by atoms with Gasteiger partial charge in [-0.25, -0.2) is 0 Å². The van der Waals surface area contributed by atoms with E-state index in [1.807, 2.05) is 25.1 Å². The molecular formula is C24H23N3O. The lowest BCUT2D eigenvalue weighted by Crippen LogP contribution is -2.40. The van der Waals surface area contributed by atoms with Crippen molar-refractivity contribution < 1.29 is 4.79 Å². The Morgan fingerprint density at radius 2 is 1.50 bits per heavy atom. The van der Waals surface area contributed by atoms with E-state index in [-0.39, 0.29) is 11.9 Å². The quantitative estimate of drug-likeness (QED) is 0.669. The average molecular weight is 369 g/mol. The van der Waals surface area contributed by atoms with Crippen molar-refractivity contribution in [1.29, 1.82) is 5.26 Å². The lowest BCUT2D eigenvalue weighted by atomic mass is 9.97. The zero-order valence-corrected chi connectivity index (χ0v) is 16.0. The Bertz CT molecular complexity index is 957. The van der Waals surface area contributed by atoms with E-state index in [1.54, 1.807) is 24.3 Å². The first kappa shape index (κ1) is 19.3. The number of aryl methyl sites for hydroxylation is 1. The van der Waals surface area contributed by atoms with Crippen molar-refractivity contribution in [3.8, 4) is 6.07 Å². The summed E-state index contributed by atoms with van der Waals surface area (Å²) >= 11 is 0. The van der Waals surface area contributed by atoms with Gasteiger partial charge in [-0.3, -0.25) is 10.1 Å². The second kappa shape index (κ2) is 8.98. The van der Waals surface area contributed by atoms with Crippen molar-refractivity contribution in [2.24, 2.45) is 0 Å². The van der Waals surface area contributed by atoms with E-state index in [0.29, 0.717) is 11.3 Å². The van der Waals surface area contributed by atoms with Crippen LogP contribution in [-0.4, -0.2) is 11.9 Å². The molecule has 4 heteroatoms. The van der Waals surface area contributed by atoms with Crippen LogP contribution in [0.5, 0.6) is 0 Å². The Kier molecular flexibility index (Phi) is 6.21. The van der Waals surface area contributed by atoms with E-state index < -0.39 is 6.04 Å². The van der Waals surface area contributed by atoms with Crippen molar-refractivity contribution in [2.75, 3.05) is 5.32 Å². The predicted octanol–water partition coefficient (Wildman–Crippen LogP) is 4.57. The second-order valence-electron chi connectivity index (χ2n) is 6.82. The molecule has 140 valence electrons. The van der Waals surface area contributed by atoms with Gasteiger partial charge >= 0.3 is 0 Å². The Morgan fingerprint density at radius 3 is 2.11 bits per heavy atom. The zero-order chi connectivity index (χ0) is 19.9. The van der Waals surface area contributed by atoms with Gasteiger partial charge in [-0.15, -0.1) is 0 Å². The average Bonchev–Trinajstić information content (AvgIpc) is 2.73. The van der Waals surface area contributed by atoms with Crippen molar-refractivity contribution >= 4 is 11.6 Å². The highest BCUT2D eigenvalue weighted by Gasteiger charge is 2.20. The van der Waals surface area contributed by atoms with Crippen LogP contribution < -0.4 is 10.6 Å². The Hall–Kier alpha value is -3.42. The number of carbonyl (C=O) groups is 1. The lowest BCUT2D eigenvalue weighted by molar-refractivity contribution is -0.117. The fraction of sp³-hybridized carbons (Fsp3) is 0.167. The molecule has 3 aromatic carbocycles. The summed E-state index contributed by atoms with van der Waals surface area (Å²) in [5, 5.41) is 15.2. The van der Waals surface area contributed by atoms with Gasteiger partial charge in [0.25, 0.3) is 0 Å². The molecule has 1 amide bonds. The van der Waals surface area contributed by atoms with Gasteiger partial charge in [0.05, 0.1) is 23.7 Å². The van der Waals surface area contributed by atoms with Crippen LogP contribution in [0.4, 0.5) is 5.69 Å². The minimum absolute atomic E-state index is 0.0940. The first-order valence-electron chi connectivity index (χ1n) is 9.25. The number of anilines is 1. The third kappa shape index (κ3) is 4.85. The van der Waals surface area contributed by atoms with Gasteiger partial charge in [0.15, 0.2) is 0 Å². The molecule has 0 bridgehead atoms. The Morgan fingerprint density at radius 1 is 0.893 bits per heavy atom. The smallest absolute Gasteiger partial charge is 0.241 e. The van der Waals surface area contributed by atoms with Crippen LogP contribution in [0, 0.1) is 18.3 Å². The fourth-order valence-electron chi connectivity index (χ4n) is 2.99. The van der Waals surface area contributed by atoms with Gasteiger partial charge in [-0.2, -0.15) is 5.26 Å². The number of amides is 1. The normalized spacial score (nSPS) is 12.6. The molecule has 0 spiro atoms. The van der Waals surface area contributed by atoms with Crippen LogP contribution in [0.1, 0.15) is 35.2 Å². The maximum Gasteiger partial charge on any atom is 0.241 e. The second-order valence-corrected chi connectivity index (χ2v) is 6.82. The van der Waals surface area contributed by atoms with E-state index >= 15 is 0 Å². The van der Waals surface area contributed by atoms with Gasteiger partial charge in [0.1, 0.15) is 0 Å². The largest absolute Gasteiger partial charge is 0.325 e. The highest BCUT2D eigenvalue weighted by atomic mass is 16.2. The van der Waals surface area contributed by atoms with Crippen molar-refractivity contribution in [3.63, 3.8) is 0 Å². The summed E-state index contributed by atoms with van der Waals surface area (Å²) in [5.74, 6) is -0.127. The summed E-state index contributed by atoms with van der Waals surface area (Å²) in [4.78, 5) is 12.7. The minimum Gasteiger partial charge on any atom is -0.325 e. The topological polar surface area (TPSA) is 64.9 Å².